The zero-order valence-electron chi connectivity index (χ0n) is 13.4. The topological polar surface area (TPSA) is 101 Å². The number of nitrogens with zero attached hydrogens (tertiary/aromatic N) is 1. The second kappa shape index (κ2) is 8.25. The molecule has 0 aliphatic heterocycles. The van der Waals surface area contributed by atoms with Crippen molar-refractivity contribution in [1.82, 2.24) is 10.6 Å². The highest BCUT2D eigenvalue weighted by atomic mass is 35.5. The Kier molecular flexibility index (Phi) is 6.08. The number of nitro groups is 1. The average Bonchev–Trinajstić information content (AvgIpc) is 2.59. The summed E-state index contributed by atoms with van der Waals surface area (Å²) in [6, 6.07) is 11.6. The molecule has 0 aliphatic carbocycles. The Labute approximate surface area is 149 Å². The van der Waals surface area contributed by atoms with Crippen molar-refractivity contribution in [2.24, 2.45) is 0 Å². The fourth-order valence-electron chi connectivity index (χ4n) is 2.10. The number of nitrogens with one attached hydrogen (secondary N) is 2. The number of hydrogen-bond donors (Lipinski definition) is 2. The van der Waals surface area contributed by atoms with Crippen LogP contribution in [0, 0.1) is 10.1 Å². The van der Waals surface area contributed by atoms with Crippen LogP contribution in [0.1, 0.15) is 22.8 Å². The standard InChI is InChI=1S/C17H16ClN3O4/c1-11(16(22)19-10-12-4-2-6-14(18)8-12)20-17(23)13-5-3-7-15(9-13)21(24)25/h2-9,11H,10H2,1H3,(H,19,22)(H,20,23). The Balaban J connectivity index is 1.93. The van der Waals surface area contributed by atoms with Crippen LogP contribution >= 0.6 is 11.6 Å². The van der Waals surface area contributed by atoms with Gasteiger partial charge in [-0.05, 0) is 30.7 Å². The van der Waals surface area contributed by atoms with Crippen molar-refractivity contribution in [1.29, 1.82) is 0 Å². The summed E-state index contributed by atoms with van der Waals surface area (Å²) in [6.07, 6.45) is 0. The lowest BCUT2D eigenvalue weighted by Gasteiger charge is -2.14. The number of amides is 2. The molecular formula is C17H16ClN3O4. The molecule has 2 rings (SSSR count). The maximum atomic E-state index is 12.1. The van der Waals surface area contributed by atoms with E-state index in [0.717, 1.165) is 11.6 Å². The summed E-state index contributed by atoms with van der Waals surface area (Å²) in [5.74, 6) is -0.937. The molecule has 0 saturated carbocycles. The lowest BCUT2D eigenvalue weighted by atomic mass is 10.1. The van der Waals surface area contributed by atoms with Crippen LogP contribution in [0.4, 0.5) is 5.69 Å². The lowest BCUT2D eigenvalue weighted by Crippen LogP contribution is -2.44. The van der Waals surface area contributed by atoms with Crippen molar-refractivity contribution in [2.45, 2.75) is 19.5 Å². The van der Waals surface area contributed by atoms with Crippen molar-refractivity contribution in [3.05, 3.63) is 74.8 Å². The Morgan fingerprint density at radius 3 is 2.60 bits per heavy atom. The summed E-state index contributed by atoms with van der Waals surface area (Å²) in [5, 5.41) is 16.5. The molecule has 130 valence electrons. The normalized spacial score (nSPS) is 11.4. The predicted octanol–water partition coefficient (Wildman–Crippen LogP) is 2.68. The second-order valence-corrected chi connectivity index (χ2v) is 5.79. The van der Waals surface area contributed by atoms with Crippen molar-refractivity contribution in [3.8, 4) is 0 Å². The number of benzene rings is 2. The molecule has 0 aromatic heterocycles. The van der Waals surface area contributed by atoms with E-state index >= 15 is 0 Å². The molecule has 2 N–H and O–H groups in total. The molecule has 1 unspecified atom stereocenters. The summed E-state index contributed by atoms with van der Waals surface area (Å²) in [4.78, 5) is 34.4. The molecule has 0 aliphatic rings. The van der Waals surface area contributed by atoms with Gasteiger partial charge in [-0.2, -0.15) is 0 Å². The summed E-state index contributed by atoms with van der Waals surface area (Å²) >= 11 is 5.88. The fraction of sp³-hybridized carbons (Fsp3) is 0.176. The van der Waals surface area contributed by atoms with Gasteiger partial charge in [0.2, 0.25) is 5.91 Å². The highest BCUT2D eigenvalue weighted by Gasteiger charge is 2.18. The van der Waals surface area contributed by atoms with Crippen molar-refractivity contribution in [3.63, 3.8) is 0 Å². The van der Waals surface area contributed by atoms with E-state index in [2.05, 4.69) is 10.6 Å². The van der Waals surface area contributed by atoms with Crippen molar-refractivity contribution < 1.29 is 14.5 Å². The monoisotopic (exact) mass is 361 g/mol. The zero-order chi connectivity index (χ0) is 18.4. The van der Waals surface area contributed by atoms with Crippen molar-refractivity contribution in [2.75, 3.05) is 0 Å². The summed E-state index contributed by atoms with van der Waals surface area (Å²) in [6.45, 7) is 1.80. The maximum absolute atomic E-state index is 12.1. The van der Waals surface area contributed by atoms with Crippen LogP contribution in [0.15, 0.2) is 48.5 Å². The third kappa shape index (κ3) is 5.29. The van der Waals surface area contributed by atoms with Gasteiger partial charge in [0, 0.05) is 29.3 Å². The van der Waals surface area contributed by atoms with Gasteiger partial charge in [0.25, 0.3) is 11.6 Å². The van der Waals surface area contributed by atoms with E-state index in [0.29, 0.717) is 5.02 Å². The van der Waals surface area contributed by atoms with Crippen LogP contribution in [0.5, 0.6) is 0 Å². The van der Waals surface area contributed by atoms with Crippen LogP contribution in [0.25, 0.3) is 0 Å². The molecule has 0 heterocycles. The summed E-state index contributed by atoms with van der Waals surface area (Å²) in [5.41, 5.74) is 0.757. The molecule has 2 amide bonds. The maximum Gasteiger partial charge on any atom is 0.270 e. The first-order chi connectivity index (χ1) is 11.9. The fourth-order valence-corrected chi connectivity index (χ4v) is 2.31. The van der Waals surface area contributed by atoms with Gasteiger partial charge in [0.05, 0.1) is 4.92 Å². The summed E-state index contributed by atoms with van der Waals surface area (Å²) < 4.78 is 0. The van der Waals surface area contributed by atoms with E-state index in [1.165, 1.54) is 25.1 Å². The van der Waals surface area contributed by atoms with Gasteiger partial charge >= 0.3 is 0 Å². The Morgan fingerprint density at radius 2 is 1.92 bits per heavy atom. The van der Waals surface area contributed by atoms with Crippen LogP contribution in [0.2, 0.25) is 5.02 Å². The van der Waals surface area contributed by atoms with Crippen LogP contribution < -0.4 is 10.6 Å². The first-order valence-corrected chi connectivity index (χ1v) is 7.82. The highest BCUT2D eigenvalue weighted by molar-refractivity contribution is 6.30. The minimum atomic E-state index is -0.800. The van der Waals surface area contributed by atoms with Gasteiger partial charge in [-0.25, -0.2) is 0 Å². The quantitative estimate of drug-likeness (QED) is 0.610. The van der Waals surface area contributed by atoms with E-state index in [9.17, 15) is 19.7 Å². The number of nitro benzene ring substituents is 1. The lowest BCUT2D eigenvalue weighted by molar-refractivity contribution is -0.384. The Bertz CT molecular complexity index is 810. The Morgan fingerprint density at radius 1 is 1.20 bits per heavy atom. The van der Waals surface area contributed by atoms with E-state index in [-0.39, 0.29) is 23.7 Å². The SMILES string of the molecule is CC(NC(=O)c1cccc([N+](=O)[O-])c1)C(=O)NCc1cccc(Cl)c1. The number of hydrogen-bond acceptors (Lipinski definition) is 4. The molecule has 0 spiro atoms. The molecule has 0 bridgehead atoms. The van der Waals surface area contributed by atoms with E-state index < -0.39 is 16.9 Å². The first-order valence-electron chi connectivity index (χ1n) is 7.44. The number of carbonyl (C=O) groups is 2. The first kappa shape index (κ1) is 18.4. The Hall–Kier alpha value is -2.93. The largest absolute Gasteiger partial charge is 0.350 e. The highest BCUT2D eigenvalue weighted by Crippen LogP contribution is 2.13. The van der Waals surface area contributed by atoms with Gasteiger partial charge < -0.3 is 10.6 Å². The van der Waals surface area contributed by atoms with Crippen molar-refractivity contribution >= 4 is 29.1 Å². The molecule has 8 heteroatoms. The molecule has 1 atom stereocenters. The van der Waals surface area contributed by atoms with E-state index in [1.54, 1.807) is 18.2 Å². The third-order valence-electron chi connectivity index (χ3n) is 3.42. The van der Waals surface area contributed by atoms with E-state index in [1.807, 2.05) is 6.07 Å². The summed E-state index contributed by atoms with van der Waals surface area (Å²) in [7, 11) is 0. The third-order valence-corrected chi connectivity index (χ3v) is 3.65. The minimum Gasteiger partial charge on any atom is -0.350 e. The molecule has 0 saturated heterocycles. The number of halogens is 1. The molecule has 0 fully saturated rings. The van der Waals surface area contributed by atoms with Gasteiger partial charge in [-0.3, -0.25) is 19.7 Å². The van der Waals surface area contributed by atoms with Crippen LogP contribution in [-0.4, -0.2) is 22.8 Å². The predicted molar refractivity (Wildman–Crippen MR) is 93.3 cm³/mol. The molecule has 2 aromatic carbocycles. The van der Waals surface area contributed by atoms with Gasteiger partial charge in [0.15, 0.2) is 0 Å². The zero-order valence-corrected chi connectivity index (χ0v) is 14.1. The van der Waals surface area contributed by atoms with Gasteiger partial charge in [-0.15, -0.1) is 0 Å². The second-order valence-electron chi connectivity index (χ2n) is 5.35. The van der Waals surface area contributed by atoms with Crippen LogP contribution in [-0.2, 0) is 11.3 Å². The molecule has 25 heavy (non-hydrogen) atoms. The molecule has 2 aromatic rings. The number of carbonyl (C=O) groups excluding carboxylic acids is 2. The molecule has 7 nitrogen and oxygen atoms in total. The van der Waals surface area contributed by atoms with E-state index in [4.69, 9.17) is 11.6 Å². The molecular weight excluding hydrogens is 346 g/mol. The number of non-ortho nitro benzene ring substituents is 1. The van der Waals surface area contributed by atoms with Crippen LogP contribution in [0.3, 0.4) is 0 Å². The average molecular weight is 362 g/mol. The molecule has 0 radical (unpaired) electrons. The number of rotatable bonds is 6. The smallest absolute Gasteiger partial charge is 0.270 e. The van der Waals surface area contributed by atoms with Gasteiger partial charge in [0.1, 0.15) is 6.04 Å². The minimum absolute atomic E-state index is 0.115. The van der Waals surface area contributed by atoms with Gasteiger partial charge in [-0.1, -0.05) is 29.8 Å².